The third kappa shape index (κ3) is 6.04. The van der Waals surface area contributed by atoms with Crippen molar-refractivity contribution >= 4 is 28.9 Å². The Balaban J connectivity index is 1.58. The average Bonchev–Trinajstić information content (AvgIpc) is 2.68. The molecule has 1 aliphatic heterocycles. The summed E-state index contributed by atoms with van der Waals surface area (Å²) in [6, 6.07) is 8.07. The Hall–Kier alpha value is -2.46. The van der Waals surface area contributed by atoms with Crippen LogP contribution in [0, 0.1) is 0 Å². The van der Waals surface area contributed by atoms with Crippen molar-refractivity contribution in [3.63, 3.8) is 0 Å². The van der Waals surface area contributed by atoms with Crippen molar-refractivity contribution < 1.29 is 31.1 Å². The Bertz CT molecular complexity index is 939. The summed E-state index contributed by atoms with van der Waals surface area (Å²) < 4.78 is 78.1. The third-order valence-corrected chi connectivity index (χ3v) is 5.07. The van der Waals surface area contributed by atoms with Gasteiger partial charge in [0.15, 0.2) is 0 Å². The van der Waals surface area contributed by atoms with Gasteiger partial charge in [-0.15, -0.1) is 0 Å². The van der Waals surface area contributed by atoms with Crippen molar-refractivity contribution in [1.29, 1.82) is 0 Å². The number of piperazine rings is 1. The number of rotatable bonds is 4. The van der Waals surface area contributed by atoms with Crippen molar-refractivity contribution in [1.82, 2.24) is 4.90 Å². The van der Waals surface area contributed by atoms with Gasteiger partial charge >= 0.3 is 12.4 Å². The molecule has 4 nitrogen and oxygen atoms in total. The van der Waals surface area contributed by atoms with Crippen LogP contribution in [0.1, 0.15) is 11.1 Å². The molecule has 31 heavy (non-hydrogen) atoms. The summed E-state index contributed by atoms with van der Waals surface area (Å²) in [6.45, 7) is 1.36. The van der Waals surface area contributed by atoms with Gasteiger partial charge in [0.25, 0.3) is 0 Å². The van der Waals surface area contributed by atoms with Crippen LogP contribution in [0.5, 0.6) is 0 Å². The van der Waals surface area contributed by atoms with Crippen LogP contribution >= 0.6 is 11.6 Å². The van der Waals surface area contributed by atoms with Gasteiger partial charge in [-0.3, -0.25) is 9.69 Å². The second kappa shape index (κ2) is 8.96. The molecule has 1 aliphatic rings. The van der Waals surface area contributed by atoms with E-state index in [2.05, 4.69) is 5.32 Å². The smallest absolute Gasteiger partial charge is 0.369 e. The summed E-state index contributed by atoms with van der Waals surface area (Å²) in [5.74, 6) is -0.625. The van der Waals surface area contributed by atoms with E-state index in [0.29, 0.717) is 31.9 Å². The molecule has 0 bridgehead atoms. The van der Waals surface area contributed by atoms with E-state index in [-0.39, 0.29) is 17.3 Å². The van der Waals surface area contributed by atoms with Crippen LogP contribution < -0.4 is 10.2 Å². The van der Waals surface area contributed by atoms with Crippen LogP contribution in [0.25, 0.3) is 0 Å². The maximum absolute atomic E-state index is 13.1. The van der Waals surface area contributed by atoms with Gasteiger partial charge in [0.1, 0.15) is 0 Å². The number of benzene rings is 2. The quantitative estimate of drug-likeness (QED) is 0.635. The Labute approximate surface area is 179 Å². The molecule has 168 valence electrons. The van der Waals surface area contributed by atoms with E-state index < -0.39 is 29.4 Å². The number of halogens is 7. The molecule has 11 heteroatoms. The minimum absolute atomic E-state index is 0.101. The predicted molar refractivity (Wildman–Crippen MR) is 105 cm³/mol. The maximum Gasteiger partial charge on any atom is 0.418 e. The molecule has 0 aromatic heterocycles. The van der Waals surface area contributed by atoms with Gasteiger partial charge in [-0.2, -0.15) is 26.3 Å². The lowest BCUT2D eigenvalue weighted by atomic mass is 10.1. The minimum atomic E-state index is -4.68. The first-order chi connectivity index (χ1) is 14.4. The predicted octanol–water partition coefficient (Wildman–Crippen LogP) is 5.14. The number of hydrogen-bond acceptors (Lipinski definition) is 3. The first-order valence-corrected chi connectivity index (χ1v) is 9.62. The maximum atomic E-state index is 13.1. The van der Waals surface area contributed by atoms with E-state index in [1.807, 2.05) is 0 Å². The second-order valence-electron chi connectivity index (χ2n) is 7.05. The number of hydrogen-bond donors (Lipinski definition) is 1. The van der Waals surface area contributed by atoms with Crippen LogP contribution in [0.3, 0.4) is 0 Å². The van der Waals surface area contributed by atoms with Crippen molar-refractivity contribution in [2.45, 2.75) is 12.4 Å². The highest BCUT2D eigenvalue weighted by molar-refractivity contribution is 6.30. The number of amides is 1. The summed E-state index contributed by atoms with van der Waals surface area (Å²) in [5, 5.41) is 2.16. The summed E-state index contributed by atoms with van der Waals surface area (Å²) in [5.41, 5.74) is -1.74. The summed E-state index contributed by atoms with van der Waals surface area (Å²) in [6.07, 6.45) is -9.11. The van der Waals surface area contributed by atoms with Gasteiger partial charge in [0.05, 0.1) is 23.4 Å². The Morgan fingerprint density at radius 2 is 1.61 bits per heavy atom. The van der Waals surface area contributed by atoms with Gasteiger partial charge in [0, 0.05) is 36.9 Å². The van der Waals surface area contributed by atoms with Crippen molar-refractivity contribution in [2.75, 3.05) is 42.9 Å². The largest absolute Gasteiger partial charge is 0.418 e. The van der Waals surface area contributed by atoms with Crippen molar-refractivity contribution in [3.05, 3.63) is 58.6 Å². The van der Waals surface area contributed by atoms with Crippen LogP contribution in [0.4, 0.5) is 37.7 Å². The number of nitrogens with zero attached hydrogens (tertiary/aromatic N) is 2. The lowest BCUT2D eigenvalue weighted by molar-refractivity contribution is -0.138. The molecule has 0 spiro atoms. The summed E-state index contributed by atoms with van der Waals surface area (Å²) >= 11 is 5.63. The van der Waals surface area contributed by atoms with E-state index >= 15 is 0 Å². The number of anilines is 2. The van der Waals surface area contributed by atoms with Crippen LogP contribution in [0.15, 0.2) is 42.5 Å². The number of carbonyl (C=O) groups excluding carboxylic acids is 1. The molecule has 3 rings (SSSR count). The number of carbonyl (C=O) groups is 1. The Kier molecular flexibility index (Phi) is 6.70. The zero-order valence-corrected chi connectivity index (χ0v) is 16.8. The zero-order valence-electron chi connectivity index (χ0n) is 16.0. The van der Waals surface area contributed by atoms with E-state index in [1.54, 1.807) is 15.9 Å². The molecule has 0 aliphatic carbocycles. The monoisotopic (exact) mass is 465 g/mol. The van der Waals surface area contributed by atoms with Gasteiger partial charge in [-0.1, -0.05) is 17.7 Å². The SMILES string of the molecule is O=C(CN1CCN(c2cccc(C(F)(F)F)c2)CC1)Nc1ccc(Cl)cc1C(F)(F)F. The van der Waals surface area contributed by atoms with E-state index in [9.17, 15) is 31.1 Å². The van der Waals surface area contributed by atoms with Crippen LogP contribution in [-0.2, 0) is 17.1 Å². The minimum Gasteiger partial charge on any atom is -0.369 e. The van der Waals surface area contributed by atoms with Crippen molar-refractivity contribution in [2.24, 2.45) is 0 Å². The average molecular weight is 466 g/mol. The molecule has 1 fully saturated rings. The fourth-order valence-corrected chi connectivity index (χ4v) is 3.47. The molecule has 1 saturated heterocycles. The lowest BCUT2D eigenvalue weighted by Crippen LogP contribution is -2.48. The molecule has 2 aromatic carbocycles. The van der Waals surface area contributed by atoms with E-state index in [0.717, 1.165) is 24.3 Å². The molecule has 2 aromatic rings. The molecule has 0 radical (unpaired) electrons. The topological polar surface area (TPSA) is 35.6 Å². The molecule has 1 heterocycles. The van der Waals surface area contributed by atoms with Crippen LogP contribution in [0.2, 0.25) is 5.02 Å². The second-order valence-corrected chi connectivity index (χ2v) is 7.48. The van der Waals surface area contributed by atoms with Crippen LogP contribution in [-0.4, -0.2) is 43.5 Å². The van der Waals surface area contributed by atoms with Gasteiger partial charge in [-0.25, -0.2) is 0 Å². The first-order valence-electron chi connectivity index (χ1n) is 9.24. The molecule has 0 saturated carbocycles. The highest BCUT2D eigenvalue weighted by atomic mass is 35.5. The van der Waals surface area contributed by atoms with Gasteiger partial charge in [0.2, 0.25) is 5.91 Å². The Morgan fingerprint density at radius 1 is 0.935 bits per heavy atom. The van der Waals surface area contributed by atoms with E-state index in [1.165, 1.54) is 12.1 Å². The number of alkyl halides is 6. The molecule has 1 amide bonds. The molecule has 0 unspecified atom stereocenters. The molecule has 0 atom stereocenters. The number of nitrogens with one attached hydrogen (secondary N) is 1. The van der Waals surface area contributed by atoms with Crippen molar-refractivity contribution in [3.8, 4) is 0 Å². The Morgan fingerprint density at radius 3 is 2.23 bits per heavy atom. The first kappa shape index (κ1) is 23.2. The highest BCUT2D eigenvalue weighted by Gasteiger charge is 2.34. The standard InChI is InChI=1S/C20H18ClF6N3O/c21-14-4-5-17(16(11-14)20(25,26)27)28-18(31)12-29-6-8-30(9-7-29)15-3-1-2-13(10-15)19(22,23)24/h1-5,10-11H,6-9,12H2,(H,28,31). The highest BCUT2D eigenvalue weighted by Crippen LogP contribution is 2.36. The van der Waals surface area contributed by atoms with Gasteiger partial charge < -0.3 is 10.2 Å². The summed E-state index contributed by atoms with van der Waals surface area (Å²) in [4.78, 5) is 15.8. The fraction of sp³-hybridized carbons (Fsp3) is 0.350. The lowest BCUT2D eigenvalue weighted by Gasteiger charge is -2.36. The van der Waals surface area contributed by atoms with Gasteiger partial charge in [-0.05, 0) is 36.4 Å². The molecular formula is C20H18ClF6N3O. The van der Waals surface area contributed by atoms with E-state index in [4.69, 9.17) is 11.6 Å². The third-order valence-electron chi connectivity index (χ3n) is 4.84. The molecular weight excluding hydrogens is 448 g/mol. The molecule has 1 N–H and O–H groups in total. The summed E-state index contributed by atoms with van der Waals surface area (Å²) in [7, 11) is 0. The zero-order chi connectivity index (χ0) is 22.8. The normalized spacial score (nSPS) is 15.8. The fourth-order valence-electron chi connectivity index (χ4n) is 3.30.